The average Bonchev–Trinajstić information content (AvgIpc) is 2.73. The van der Waals surface area contributed by atoms with E-state index < -0.39 is 11.9 Å². The van der Waals surface area contributed by atoms with E-state index in [4.69, 9.17) is 10.4 Å². The Morgan fingerprint density at radius 3 is 2.14 bits per heavy atom. The van der Waals surface area contributed by atoms with Gasteiger partial charge in [-0.15, -0.1) is 0 Å². The molecule has 6 nitrogen and oxygen atoms in total. The molecule has 0 aliphatic carbocycles. The Kier molecular flexibility index (Phi) is 5.28. The molecule has 3 rings (SSSR count). The smallest absolute Gasteiger partial charge is 0.335 e. The number of nitriles is 1. The van der Waals surface area contributed by atoms with E-state index in [1.165, 1.54) is 24.3 Å². The van der Waals surface area contributed by atoms with Crippen molar-refractivity contribution in [2.45, 2.75) is 0 Å². The first kappa shape index (κ1) is 18.5. The zero-order chi connectivity index (χ0) is 20.1. The molecular formula is C22H14N2O4. The number of anilines is 1. The van der Waals surface area contributed by atoms with Gasteiger partial charge in [0.15, 0.2) is 5.78 Å². The van der Waals surface area contributed by atoms with E-state index in [1.807, 2.05) is 6.07 Å². The number of carbonyl (C=O) groups excluding carboxylic acids is 2. The van der Waals surface area contributed by atoms with E-state index in [-0.39, 0.29) is 28.2 Å². The van der Waals surface area contributed by atoms with E-state index in [2.05, 4.69) is 5.32 Å². The van der Waals surface area contributed by atoms with Crippen molar-refractivity contribution in [1.29, 1.82) is 5.26 Å². The third kappa shape index (κ3) is 4.11. The lowest BCUT2D eigenvalue weighted by Crippen LogP contribution is -2.14. The zero-order valence-corrected chi connectivity index (χ0v) is 14.5. The van der Waals surface area contributed by atoms with Crippen LogP contribution in [-0.4, -0.2) is 22.8 Å². The average molecular weight is 370 g/mol. The van der Waals surface area contributed by atoms with E-state index in [0.29, 0.717) is 11.1 Å². The summed E-state index contributed by atoms with van der Waals surface area (Å²) >= 11 is 0. The van der Waals surface area contributed by atoms with Crippen LogP contribution in [0.15, 0.2) is 72.8 Å². The molecule has 3 aromatic carbocycles. The van der Waals surface area contributed by atoms with Gasteiger partial charge in [0.25, 0.3) is 5.91 Å². The second-order valence-corrected chi connectivity index (χ2v) is 5.95. The number of amides is 1. The fourth-order valence-electron chi connectivity index (χ4n) is 2.65. The van der Waals surface area contributed by atoms with Crippen LogP contribution in [-0.2, 0) is 0 Å². The van der Waals surface area contributed by atoms with E-state index in [9.17, 15) is 14.4 Å². The van der Waals surface area contributed by atoms with Gasteiger partial charge in [-0.25, -0.2) is 4.79 Å². The van der Waals surface area contributed by atoms with Crippen LogP contribution < -0.4 is 5.32 Å². The van der Waals surface area contributed by atoms with Crippen molar-refractivity contribution >= 4 is 23.3 Å². The molecule has 0 saturated carbocycles. The van der Waals surface area contributed by atoms with E-state index >= 15 is 0 Å². The summed E-state index contributed by atoms with van der Waals surface area (Å²) in [4.78, 5) is 36.3. The van der Waals surface area contributed by atoms with Gasteiger partial charge in [0.2, 0.25) is 0 Å². The highest BCUT2D eigenvalue weighted by molar-refractivity contribution is 6.11. The van der Waals surface area contributed by atoms with E-state index in [1.54, 1.807) is 48.5 Å². The Balaban J connectivity index is 1.86. The van der Waals surface area contributed by atoms with Gasteiger partial charge in [-0.05, 0) is 30.3 Å². The van der Waals surface area contributed by atoms with Gasteiger partial charge in [0.1, 0.15) is 0 Å². The molecule has 0 aliphatic rings. The molecule has 0 spiro atoms. The molecule has 0 aromatic heterocycles. The number of carbonyl (C=O) groups is 3. The Morgan fingerprint density at radius 2 is 1.46 bits per heavy atom. The zero-order valence-electron chi connectivity index (χ0n) is 14.5. The topological polar surface area (TPSA) is 107 Å². The summed E-state index contributed by atoms with van der Waals surface area (Å²) in [7, 11) is 0. The third-order valence-electron chi connectivity index (χ3n) is 3.99. The van der Waals surface area contributed by atoms with Crippen molar-refractivity contribution in [1.82, 2.24) is 0 Å². The Morgan fingerprint density at radius 1 is 0.786 bits per heavy atom. The molecule has 0 radical (unpaired) electrons. The number of ketones is 1. The molecule has 0 heterocycles. The van der Waals surface area contributed by atoms with Gasteiger partial charge in [0.05, 0.1) is 17.2 Å². The lowest BCUT2D eigenvalue weighted by atomic mass is 10.0. The molecule has 136 valence electrons. The predicted octanol–water partition coefficient (Wildman–Crippen LogP) is 3.74. The summed E-state index contributed by atoms with van der Waals surface area (Å²) in [5, 5.41) is 20.7. The Bertz CT molecular complexity index is 1110. The molecule has 0 aliphatic heterocycles. The van der Waals surface area contributed by atoms with Crippen molar-refractivity contribution < 1.29 is 19.5 Å². The number of rotatable bonds is 5. The van der Waals surface area contributed by atoms with Crippen molar-refractivity contribution in [3.05, 3.63) is 101 Å². The number of nitrogens with zero attached hydrogens (tertiary/aromatic N) is 1. The third-order valence-corrected chi connectivity index (χ3v) is 3.99. The number of nitrogens with one attached hydrogen (secondary N) is 1. The highest BCUT2D eigenvalue weighted by atomic mass is 16.4. The first-order chi connectivity index (χ1) is 13.5. The first-order valence-electron chi connectivity index (χ1n) is 8.27. The summed E-state index contributed by atoms with van der Waals surface area (Å²) in [6.07, 6.45) is 0. The molecular weight excluding hydrogens is 356 g/mol. The lowest BCUT2D eigenvalue weighted by molar-refractivity contribution is 0.0696. The van der Waals surface area contributed by atoms with Crippen molar-refractivity contribution in [2.24, 2.45) is 0 Å². The van der Waals surface area contributed by atoms with Crippen LogP contribution in [0.3, 0.4) is 0 Å². The van der Waals surface area contributed by atoms with Gasteiger partial charge >= 0.3 is 5.97 Å². The number of carboxylic acid groups (broad SMARTS) is 1. The summed E-state index contributed by atoms with van der Waals surface area (Å²) in [5.74, 6) is -1.94. The highest BCUT2D eigenvalue weighted by Crippen LogP contribution is 2.17. The summed E-state index contributed by atoms with van der Waals surface area (Å²) in [5.41, 5.74) is 1.29. The van der Waals surface area contributed by atoms with Crippen LogP contribution >= 0.6 is 0 Å². The fraction of sp³-hybridized carbons (Fsp3) is 0. The minimum atomic E-state index is -1.21. The predicted molar refractivity (Wildman–Crippen MR) is 102 cm³/mol. The van der Waals surface area contributed by atoms with Gasteiger partial charge in [-0.2, -0.15) is 5.26 Å². The maximum Gasteiger partial charge on any atom is 0.335 e. The number of aromatic carboxylic acids is 1. The minimum Gasteiger partial charge on any atom is -0.478 e. The maximum atomic E-state index is 12.6. The summed E-state index contributed by atoms with van der Waals surface area (Å²) in [6.45, 7) is 0. The van der Waals surface area contributed by atoms with Crippen LogP contribution in [0.2, 0.25) is 0 Å². The van der Waals surface area contributed by atoms with Gasteiger partial charge in [-0.1, -0.05) is 42.5 Å². The summed E-state index contributed by atoms with van der Waals surface area (Å²) < 4.78 is 0. The molecule has 0 bridgehead atoms. The summed E-state index contributed by atoms with van der Waals surface area (Å²) in [6, 6.07) is 20.6. The van der Waals surface area contributed by atoms with Crippen LogP contribution in [0.25, 0.3) is 0 Å². The second kappa shape index (κ2) is 7.98. The van der Waals surface area contributed by atoms with Crippen LogP contribution in [0.4, 0.5) is 5.69 Å². The van der Waals surface area contributed by atoms with Crippen LogP contribution in [0, 0.1) is 11.3 Å². The molecule has 3 aromatic rings. The monoisotopic (exact) mass is 370 g/mol. The molecule has 0 unspecified atom stereocenters. The normalized spacial score (nSPS) is 9.96. The standard InChI is InChI=1S/C22H14N2O4/c23-13-14-9-18(22(27)28)12-19(10-14)24-21(26)17-8-4-7-16(11-17)20(25)15-5-2-1-3-6-15/h1-12H,(H,24,26)(H,27,28). The molecule has 0 fully saturated rings. The SMILES string of the molecule is N#Cc1cc(NC(=O)c2cccc(C(=O)c3ccccc3)c2)cc(C(=O)O)c1. The second-order valence-electron chi connectivity index (χ2n) is 5.95. The van der Waals surface area contributed by atoms with Gasteiger partial charge in [0, 0.05) is 22.4 Å². The largest absolute Gasteiger partial charge is 0.478 e. The quantitative estimate of drug-likeness (QED) is 0.665. The van der Waals surface area contributed by atoms with Gasteiger partial charge < -0.3 is 10.4 Å². The Hall–Kier alpha value is -4.24. The molecule has 0 saturated heterocycles. The molecule has 28 heavy (non-hydrogen) atoms. The maximum absolute atomic E-state index is 12.6. The van der Waals surface area contributed by atoms with Gasteiger partial charge in [-0.3, -0.25) is 9.59 Å². The first-order valence-corrected chi connectivity index (χ1v) is 8.27. The minimum absolute atomic E-state index is 0.109. The van der Waals surface area contributed by atoms with Crippen LogP contribution in [0.1, 0.15) is 42.2 Å². The molecule has 2 N–H and O–H groups in total. The van der Waals surface area contributed by atoms with Crippen molar-refractivity contribution in [3.8, 4) is 6.07 Å². The Labute approximate surface area is 160 Å². The van der Waals surface area contributed by atoms with E-state index in [0.717, 1.165) is 0 Å². The number of benzene rings is 3. The number of hydrogen-bond acceptors (Lipinski definition) is 4. The number of carboxylic acids is 1. The fourth-order valence-corrected chi connectivity index (χ4v) is 2.65. The van der Waals surface area contributed by atoms with Crippen LogP contribution in [0.5, 0.6) is 0 Å². The number of hydrogen-bond donors (Lipinski definition) is 2. The van der Waals surface area contributed by atoms with Crippen molar-refractivity contribution in [3.63, 3.8) is 0 Å². The lowest BCUT2D eigenvalue weighted by Gasteiger charge is -2.08. The highest BCUT2D eigenvalue weighted by Gasteiger charge is 2.14. The molecule has 0 atom stereocenters. The molecule has 1 amide bonds. The molecule has 6 heteroatoms. The van der Waals surface area contributed by atoms with Crippen molar-refractivity contribution in [2.75, 3.05) is 5.32 Å².